The Morgan fingerprint density at radius 1 is 1.14 bits per heavy atom. The topological polar surface area (TPSA) is 15.7 Å². The van der Waals surface area contributed by atoms with Gasteiger partial charge >= 0.3 is 0 Å². The molecule has 0 radical (unpaired) electrons. The predicted octanol–water partition coefficient (Wildman–Crippen LogP) is 1.15. The van der Waals surface area contributed by atoms with Crippen LogP contribution in [0, 0.1) is 0 Å². The molecule has 0 aliphatic carbocycles. The molecule has 2 aliphatic rings. The van der Waals surface area contributed by atoms with Crippen LogP contribution < -0.4 is 0 Å². The van der Waals surface area contributed by atoms with Crippen molar-refractivity contribution in [2.45, 2.75) is 32.4 Å². The van der Waals surface area contributed by atoms with Crippen molar-refractivity contribution in [1.82, 2.24) is 9.80 Å². The van der Waals surface area contributed by atoms with E-state index in [4.69, 9.17) is 4.74 Å². The van der Waals surface area contributed by atoms with Gasteiger partial charge < -0.3 is 4.74 Å². The third kappa shape index (κ3) is 2.27. The fraction of sp³-hybridized carbons (Fsp3) is 1.00. The summed E-state index contributed by atoms with van der Waals surface area (Å²) in [6.45, 7) is 8.86. The maximum absolute atomic E-state index is 5.40. The fourth-order valence-electron chi connectivity index (χ4n) is 2.63. The number of ether oxygens (including phenoxy) is 1. The van der Waals surface area contributed by atoms with E-state index in [0.717, 1.165) is 26.3 Å². The number of rotatable bonds is 2. The molecule has 2 aliphatic heterocycles. The van der Waals surface area contributed by atoms with Gasteiger partial charge in [-0.25, -0.2) is 0 Å². The Morgan fingerprint density at radius 3 is 2.64 bits per heavy atom. The van der Waals surface area contributed by atoms with Crippen molar-refractivity contribution in [2.75, 3.05) is 39.4 Å². The highest BCUT2D eigenvalue weighted by atomic mass is 16.5. The molecule has 1 atom stereocenters. The summed E-state index contributed by atoms with van der Waals surface area (Å²) in [5.41, 5.74) is 0. The van der Waals surface area contributed by atoms with Crippen molar-refractivity contribution in [3.63, 3.8) is 0 Å². The van der Waals surface area contributed by atoms with Crippen molar-refractivity contribution in [3.8, 4) is 0 Å². The van der Waals surface area contributed by atoms with Crippen LogP contribution in [-0.2, 0) is 4.74 Å². The Hall–Kier alpha value is -0.120. The number of hydrogen-bond donors (Lipinski definition) is 0. The van der Waals surface area contributed by atoms with E-state index in [0.29, 0.717) is 6.17 Å². The van der Waals surface area contributed by atoms with E-state index in [1.807, 2.05) is 0 Å². The first-order valence-electron chi connectivity index (χ1n) is 5.97. The lowest BCUT2D eigenvalue weighted by atomic mass is 10.1. The maximum Gasteiger partial charge on any atom is 0.0623 e. The smallest absolute Gasteiger partial charge is 0.0623 e. The van der Waals surface area contributed by atoms with Gasteiger partial charge in [-0.15, -0.1) is 0 Å². The minimum atomic E-state index is 0.706. The molecule has 0 aromatic carbocycles. The lowest BCUT2D eigenvalue weighted by Gasteiger charge is -2.43. The molecule has 14 heavy (non-hydrogen) atoms. The second kappa shape index (κ2) is 5.10. The summed E-state index contributed by atoms with van der Waals surface area (Å²) in [4.78, 5) is 5.22. The zero-order chi connectivity index (χ0) is 9.80. The standard InChI is InChI=1S/C11H22N2O/c1-2-12-6-4-3-5-11(12)13-7-9-14-10-8-13/h11H,2-10H2,1H3. The lowest BCUT2D eigenvalue weighted by Crippen LogP contribution is -2.54. The average Bonchev–Trinajstić information content (AvgIpc) is 2.30. The lowest BCUT2D eigenvalue weighted by molar-refractivity contribution is -0.0456. The molecule has 2 fully saturated rings. The largest absolute Gasteiger partial charge is 0.379 e. The molecular formula is C11H22N2O. The van der Waals surface area contributed by atoms with Crippen LogP contribution in [0.15, 0.2) is 0 Å². The molecule has 3 nitrogen and oxygen atoms in total. The van der Waals surface area contributed by atoms with Crippen molar-refractivity contribution < 1.29 is 4.74 Å². The summed E-state index contributed by atoms with van der Waals surface area (Å²) in [5, 5.41) is 0. The molecule has 2 saturated heterocycles. The molecule has 0 bridgehead atoms. The zero-order valence-corrected chi connectivity index (χ0v) is 9.24. The van der Waals surface area contributed by atoms with Crippen LogP contribution in [-0.4, -0.2) is 55.4 Å². The van der Waals surface area contributed by atoms with Crippen LogP contribution in [0.3, 0.4) is 0 Å². The molecule has 2 rings (SSSR count). The average molecular weight is 198 g/mol. The second-order valence-electron chi connectivity index (χ2n) is 4.25. The maximum atomic E-state index is 5.40. The van der Waals surface area contributed by atoms with Crippen LogP contribution in [0.1, 0.15) is 26.2 Å². The molecule has 3 heteroatoms. The van der Waals surface area contributed by atoms with Crippen molar-refractivity contribution >= 4 is 0 Å². The SMILES string of the molecule is CCN1CCCCC1N1CCOCC1. The van der Waals surface area contributed by atoms with Crippen LogP contribution in [0.25, 0.3) is 0 Å². The number of piperidine rings is 1. The Balaban J connectivity index is 1.91. The van der Waals surface area contributed by atoms with Gasteiger partial charge in [-0.1, -0.05) is 6.92 Å². The van der Waals surface area contributed by atoms with E-state index in [-0.39, 0.29) is 0 Å². The summed E-state index contributed by atoms with van der Waals surface area (Å²) in [7, 11) is 0. The van der Waals surface area contributed by atoms with E-state index >= 15 is 0 Å². The summed E-state index contributed by atoms with van der Waals surface area (Å²) in [5.74, 6) is 0. The first-order chi connectivity index (χ1) is 6.92. The number of nitrogens with zero attached hydrogens (tertiary/aromatic N) is 2. The van der Waals surface area contributed by atoms with Crippen LogP contribution in [0.5, 0.6) is 0 Å². The van der Waals surface area contributed by atoms with Crippen LogP contribution in [0.4, 0.5) is 0 Å². The van der Waals surface area contributed by atoms with Gasteiger partial charge in [0.05, 0.1) is 19.4 Å². The first-order valence-corrected chi connectivity index (χ1v) is 5.97. The molecular weight excluding hydrogens is 176 g/mol. The zero-order valence-electron chi connectivity index (χ0n) is 9.24. The molecule has 0 amide bonds. The minimum Gasteiger partial charge on any atom is -0.379 e. The number of hydrogen-bond acceptors (Lipinski definition) is 3. The summed E-state index contributed by atoms with van der Waals surface area (Å²) in [6, 6.07) is 0. The van der Waals surface area contributed by atoms with E-state index in [9.17, 15) is 0 Å². The highest BCUT2D eigenvalue weighted by Gasteiger charge is 2.27. The molecule has 0 saturated carbocycles. The number of likely N-dealkylation sites (tertiary alicyclic amines) is 1. The molecule has 1 unspecified atom stereocenters. The Morgan fingerprint density at radius 2 is 1.93 bits per heavy atom. The van der Waals surface area contributed by atoms with E-state index < -0.39 is 0 Å². The van der Waals surface area contributed by atoms with Gasteiger partial charge in [0.1, 0.15) is 0 Å². The number of morpholine rings is 1. The minimum absolute atomic E-state index is 0.706. The predicted molar refractivity (Wildman–Crippen MR) is 57.3 cm³/mol. The van der Waals surface area contributed by atoms with Gasteiger partial charge in [-0.2, -0.15) is 0 Å². The first kappa shape index (κ1) is 10.4. The molecule has 0 aromatic heterocycles. The summed E-state index contributed by atoms with van der Waals surface area (Å²) in [6.07, 6.45) is 4.85. The van der Waals surface area contributed by atoms with Gasteiger partial charge in [-0.05, 0) is 32.4 Å². The van der Waals surface area contributed by atoms with Gasteiger partial charge in [-0.3, -0.25) is 9.80 Å². The van der Waals surface area contributed by atoms with Crippen molar-refractivity contribution in [1.29, 1.82) is 0 Å². The molecule has 0 N–H and O–H groups in total. The van der Waals surface area contributed by atoms with Gasteiger partial charge in [0.2, 0.25) is 0 Å². The molecule has 0 aromatic rings. The second-order valence-corrected chi connectivity index (χ2v) is 4.25. The van der Waals surface area contributed by atoms with Crippen LogP contribution in [0.2, 0.25) is 0 Å². The fourth-order valence-corrected chi connectivity index (χ4v) is 2.63. The van der Waals surface area contributed by atoms with Gasteiger partial charge in [0, 0.05) is 13.1 Å². The summed E-state index contributed by atoms with van der Waals surface area (Å²) >= 11 is 0. The molecule has 2 heterocycles. The highest BCUT2D eigenvalue weighted by molar-refractivity contribution is 4.78. The normalized spacial score (nSPS) is 31.9. The van der Waals surface area contributed by atoms with E-state index in [1.54, 1.807) is 0 Å². The van der Waals surface area contributed by atoms with Gasteiger partial charge in [0.25, 0.3) is 0 Å². The molecule has 82 valence electrons. The summed E-state index contributed by atoms with van der Waals surface area (Å²) < 4.78 is 5.40. The van der Waals surface area contributed by atoms with Crippen molar-refractivity contribution in [3.05, 3.63) is 0 Å². The van der Waals surface area contributed by atoms with E-state index in [1.165, 1.54) is 32.4 Å². The van der Waals surface area contributed by atoms with Gasteiger partial charge in [0.15, 0.2) is 0 Å². The molecule has 0 spiro atoms. The third-order valence-corrected chi connectivity index (χ3v) is 3.45. The monoisotopic (exact) mass is 198 g/mol. The quantitative estimate of drug-likeness (QED) is 0.662. The van der Waals surface area contributed by atoms with Crippen LogP contribution >= 0.6 is 0 Å². The Labute approximate surface area is 87.0 Å². The highest BCUT2D eigenvalue weighted by Crippen LogP contribution is 2.20. The third-order valence-electron chi connectivity index (χ3n) is 3.45. The van der Waals surface area contributed by atoms with Crippen molar-refractivity contribution in [2.24, 2.45) is 0 Å². The Kier molecular flexibility index (Phi) is 3.79. The Bertz CT molecular complexity index is 169. The van der Waals surface area contributed by atoms with E-state index in [2.05, 4.69) is 16.7 Å².